The van der Waals surface area contributed by atoms with E-state index in [1.807, 2.05) is 0 Å². The zero-order valence-corrected chi connectivity index (χ0v) is 10.6. The van der Waals surface area contributed by atoms with Crippen LogP contribution in [0.25, 0.3) is 0 Å². The molecule has 0 unspecified atom stereocenters. The second-order valence-corrected chi connectivity index (χ2v) is 1.70. The van der Waals surface area contributed by atoms with Gasteiger partial charge in [-0.1, -0.05) is 0 Å². The molecule has 0 bridgehead atoms. The molecule has 0 aliphatic rings. The van der Waals surface area contributed by atoms with E-state index in [0.717, 1.165) is 0 Å². The summed E-state index contributed by atoms with van der Waals surface area (Å²) in [5.74, 6) is 0. The minimum absolute atomic E-state index is 0. The van der Waals surface area contributed by atoms with Gasteiger partial charge in [-0.05, 0) is 0 Å². The molecule has 4 N–H and O–H groups in total. The van der Waals surface area contributed by atoms with Gasteiger partial charge in [0.05, 0.1) is 0 Å². The van der Waals surface area contributed by atoms with Crippen LogP contribution < -0.4 is 0 Å². The van der Waals surface area contributed by atoms with Crippen LogP contribution in [0.2, 0.25) is 0 Å². The summed E-state index contributed by atoms with van der Waals surface area (Å²) >= 11 is 0. The fourth-order valence-corrected chi connectivity index (χ4v) is 0. The quantitative estimate of drug-likeness (QED) is 0.323. The van der Waals surface area contributed by atoms with Gasteiger partial charge < -0.3 is 24.9 Å². The Hall–Kier alpha value is 1.79. The van der Waals surface area contributed by atoms with E-state index in [4.69, 9.17) is 28.1 Å². The number of hydrogen-bond acceptors (Lipinski definition) is 2. The Morgan fingerprint density at radius 1 is 0.909 bits per heavy atom. The van der Waals surface area contributed by atoms with Gasteiger partial charge in [-0.3, -0.25) is 8.92 Å². The largest absolute Gasteiger partial charge is 2.00 e. The summed E-state index contributed by atoms with van der Waals surface area (Å²) in [5.41, 5.74) is 0. The van der Waals surface area contributed by atoms with E-state index in [9.17, 15) is 0 Å². The topological polar surface area (TPSA) is 115 Å². The van der Waals surface area contributed by atoms with Gasteiger partial charge in [0.2, 0.25) is 0 Å². The minimum atomic E-state index is -3.13. The SMILES string of the molecule is O=[Si](O)O.O=[Si](O)O.[AlH3].[Ca+2].[H-].[H-].[H-].[H-].[Mg+2]. The summed E-state index contributed by atoms with van der Waals surface area (Å²) in [6, 6.07) is 0. The molecule has 0 radical (unpaired) electrons. The van der Waals surface area contributed by atoms with Crippen molar-refractivity contribution >= 4 is 96.5 Å². The Morgan fingerprint density at radius 3 is 0.909 bits per heavy atom. The van der Waals surface area contributed by atoms with Gasteiger partial charge in [-0.15, -0.1) is 0 Å². The van der Waals surface area contributed by atoms with Crippen LogP contribution in [0.1, 0.15) is 5.71 Å². The van der Waals surface area contributed by atoms with Crippen molar-refractivity contribution in [2.75, 3.05) is 0 Å². The molecule has 0 aromatic heterocycles. The summed E-state index contributed by atoms with van der Waals surface area (Å²) in [7, 11) is -6.26. The molecule has 0 spiro atoms. The average Bonchev–Trinajstić information content (AvgIpc) is 1.25. The molecule has 0 heterocycles. The van der Waals surface area contributed by atoms with Crippen molar-refractivity contribution in [2.45, 2.75) is 0 Å². The fraction of sp³-hybridized carbons (Fsp3) is 0. The van der Waals surface area contributed by atoms with Crippen LogP contribution in [0.3, 0.4) is 0 Å². The first-order valence-electron chi connectivity index (χ1n) is 1.30. The Bertz CT molecular complexity index is 91.1. The average molecular weight is 255 g/mol. The molecule has 62 valence electrons. The molecule has 0 saturated heterocycles. The maximum absolute atomic E-state index is 8.74. The molecule has 0 aromatic carbocycles. The molecule has 0 fully saturated rings. The molecule has 0 amide bonds. The molecular formula is H11AlCaMgO6Si2. The predicted molar refractivity (Wildman–Crippen MR) is 47.7 cm³/mol. The summed E-state index contributed by atoms with van der Waals surface area (Å²) in [4.78, 5) is 28.6. The molecular weight excluding hydrogens is 244 g/mol. The van der Waals surface area contributed by atoms with Crippen molar-refractivity contribution in [2.24, 2.45) is 0 Å². The Balaban J connectivity index is -0.00000000468. The van der Waals surface area contributed by atoms with E-state index >= 15 is 0 Å². The van der Waals surface area contributed by atoms with Crippen LogP contribution in [0.15, 0.2) is 0 Å². The van der Waals surface area contributed by atoms with E-state index in [2.05, 4.69) is 0 Å². The van der Waals surface area contributed by atoms with Crippen molar-refractivity contribution in [3.63, 3.8) is 0 Å². The molecule has 0 aliphatic heterocycles. The molecule has 11 heavy (non-hydrogen) atoms. The van der Waals surface area contributed by atoms with Crippen molar-refractivity contribution < 1.29 is 33.8 Å². The standard InChI is InChI=1S/Al.Ca.Mg.2H2O3Si.7H/c;;;2*1-4(2)3;;;;;;;/h;;;2*1-2H;;;;;;;/q;2*+2;;;;;;4*-1. The van der Waals surface area contributed by atoms with Crippen molar-refractivity contribution in [3.05, 3.63) is 0 Å². The predicted octanol–water partition coefficient (Wildman–Crippen LogP) is -4.72. The first kappa shape index (κ1) is 29.3. The third-order valence-corrected chi connectivity index (χ3v) is 0. The van der Waals surface area contributed by atoms with Crippen molar-refractivity contribution in [3.8, 4) is 0 Å². The van der Waals surface area contributed by atoms with Gasteiger partial charge in [0, 0.05) is 0 Å². The van der Waals surface area contributed by atoms with E-state index in [1.54, 1.807) is 0 Å². The van der Waals surface area contributed by atoms with Gasteiger partial charge in [0.25, 0.3) is 0 Å². The van der Waals surface area contributed by atoms with Crippen molar-refractivity contribution in [1.29, 1.82) is 0 Å². The zero-order chi connectivity index (χ0) is 7.15. The maximum Gasteiger partial charge on any atom is 2.00 e. The fourth-order valence-electron chi connectivity index (χ4n) is 0. The summed E-state index contributed by atoms with van der Waals surface area (Å²) < 4.78 is 17.5. The van der Waals surface area contributed by atoms with Crippen LogP contribution >= 0.6 is 0 Å². The van der Waals surface area contributed by atoms with E-state index in [-0.39, 0.29) is 83.9 Å². The van der Waals surface area contributed by atoms with Crippen LogP contribution in [-0.4, -0.2) is 116 Å². The maximum atomic E-state index is 8.74. The van der Waals surface area contributed by atoms with E-state index in [0.29, 0.717) is 0 Å². The van der Waals surface area contributed by atoms with Gasteiger partial charge >= 0.3 is 79.1 Å². The van der Waals surface area contributed by atoms with Crippen LogP contribution in [0.4, 0.5) is 0 Å². The van der Waals surface area contributed by atoms with Crippen LogP contribution in [0.5, 0.6) is 0 Å². The number of rotatable bonds is 0. The van der Waals surface area contributed by atoms with Gasteiger partial charge in [-0.25, -0.2) is 0 Å². The van der Waals surface area contributed by atoms with Crippen LogP contribution in [-0.2, 0) is 8.92 Å². The van der Waals surface area contributed by atoms with E-state index in [1.165, 1.54) is 0 Å². The van der Waals surface area contributed by atoms with Gasteiger partial charge in [0.1, 0.15) is 0 Å². The monoisotopic (exact) mass is 254 g/mol. The molecule has 0 aromatic rings. The van der Waals surface area contributed by atoms with Crippen LogP contribution in [0, 0.1) is 0 Å². The summed E-state index contributed by atoms with van der Waals surface area (Å²) in [6.45, 7) is 0. The smallest absolute Gasteiger partial charge is 1.00 e. The Morgan fingerprint density at radius 2 is 0.909 bits per heavy atom. The summed E-state index contributed by atoms with van der Waals surface area (Å²) in [6.07, 6.45) is 0. The third-order valence-electron chi connectivity index (χ3n) is 0. The molecule has 6 nitrogen and oxygen atoms in total. The normalized spacial score (nSPS) is 4.36. The number of hydrogen-bond donors (Lipinski definition) is 4. The Labute approximate surface area is 129 Å². The molecule has 0 atom stereocenters. The van der Waals surface area contributed by atoms with Gasteiger partial charge in [-0.2, -0.15) is 0 Å². The van der Waals surface area contributed by atoms with E-state index < -0.39 is 18.3 Å². The molecule has 0 aliphatic carbocycles. The third kappa shape index (κ3) is 352. The summed E-state index contributed by atoms with van der Waals surface area (Å²) in [5, 5.41) is 0. The van der Waals surface area contributed by atoms with Gasteiger partial charge in [0.15, 0.2) is 17.4 Å². The first-order valence-corrected chi connectivity index (χ1v) is 3.91. The molecule has 11 heteroatoms. The second kappa shape index (κ2) is 22.6. The minimum Gasteiger partial charge on any atom is -1.00 e. The zero-order valence-electron chi connectivity index (χ0n) is 9.02. The molecule has 0 saturated carbocycles. The Kier molecular flexibility index (Phi) is 60.2. The van der Waals surface area contributed by atoms with Crippen molar-refractivity contribution in [1.82, 2.24) is 0 Å². The molecule has 0 rings (SSSR count). The second-order valence-electron chi connectivity index (χ2n) is 0.565. The first-order chi connectivity index (χ1) is 3.46.